The third kappa shape index (κ3) is 2.67. The van der Waals surface area contributed by atoms with Gasteiger partial charge >= 0.3 is 0 Å². The minimum atomic E-state index is -0.393. The molecule has 2 rings (SSSR count). The third-order valence-electron chi connectivity index (χ3n) is 2.44. The van der Waals surface area contributed by atoms with E-state index in [0.29, 0.717) is 18.1 Å². The number of aryl methyl sites for hydroxylation is 1. The van der Waals surface area contributed by atoms with E-state index in [1.54, 1.807) is 6.92 Å². The Kier molecular flexibility index (Phi) is 3.91. The molecule has 0 aliphatic rings. The third-order valence-corrected chi connectivity index (χ3v) is 2.94. The number of nitrogens with zero attached hydrogens (tertiary/aromatic N) is 2. The molecule has 3 nitrogen and oxygen atoms in total. The normalized spacial score (nSPS) is 10.4. The summed E-state index contributed by atoms with van der Waals surface area (Å²) in [5, 5.41) is 2.90. The highest BCUT2D eigenvalue weighted by molar-refractivity contribution is 9.10. The van der Waals surface area contributed by atoms with Crippen LogP contribution in [0, 0.1) is 12.7 Å². The molecule has 0 aliphatic heterocycles. The second-order valence-electron chi connectivity index (χ2n) is 3.84. The summed E-state index contributed by atoms with van der Waals surface area (Å²) in [7, 11) is 0. The van der Waals surface area contributed by atoms with Crippen molar-refractivity contribution >= 4 is 21.7 Å². The second kappa shape index (κ2) is 5.44. The monoisotopic (exact) mass is 309 g/mol. The van der Waals surface area contributed by atoms with E-state index in [-0.39, 0.29) is 5.82 Å². The van der Waals surface area contributed by atoms with Gasteiger partial charge in [-0.05, 0) is 26.0 Å². The van der Waals surface area contributed by atoms with Crippen LogP contribution in [0.15, 0.2) is 28.7 Å². The lowest BCUT2D eigenvalue weighted by atomic mass is 10.2. The van der Waals surface area contributed by atoms with Crippen molar-refractivity contribution in [2.24, 2.45) is 0 Å². The number of anilines is 1. The maximum absolute atomic E-state index is 13.8. The van der Waals surface area contributed by atoms with Gasteiger partial charge < -0.3 is 5.32 Å². The predicted octanol–water partition coefficient (Wildman–Crippen LogP) is 3.79. The fourth-order valence-electron chi connectivity index (χ4n) is 1.60. The Morgan fingerprint density at radius 2 is 2.11 bits per heavy atom. The summed E-state index contributed by atoms with van der Waals surface area (Å²) in [6, 6.07) is 7.62. The molecule has 5 heteroatoms. The number of aromatic nitrogens is 2. The minimum Gasteiger partial charge on any atom is -0.368 e. The average Bonchev–Trinajstić information content (AvgIpc) is 2.35. The molecule has 0 saturated carbocycles. The fraction of sp³-hybridized carbons (Fsp3) is 0.231. The first-order valence-electron chi connectivity index (χ1n) is 5.65. The number of benzene rings is 1. The van der Waals surface area contributed by atoms with Crippen LogP contribution in [-0.4, -0.2) is 16.5 Å². The maximum Gasteiger partial charge on any atom is 0.186 e. The van der Waals surface area contributed by atoms with Crippen LogP contribution in [0.25, 0.3) is 11.4 Å². The van der Waals surface area contributed by atoms with Crippen LogP contribution in [0.3, 0.4) is 0 Å². The molecule has 1 heterocycles. The zero-order valence-corrected chi connectivity index (χ0v) is 11.8. The Bertz CT molecular complexity index is 572. The summed E-state index contributed by atoms with van der Waals surface area (Å²) < 4.78 is 14.7. The van der Waals surface area contributed by atoms with Crippen molar-refractivity contribution < 1.29 is 4.39 Å². The van der Waals surface area contributed by atoms with Crippen LogP contribution < -0.4 is 5.32 Å². The molecule has 0 fully saturated rings. The molecule has 1 N–H and O–H groups in total. The van der Waals surface area contributed by atoms with Gasteiger partial charge in [-0.25, -0.2) is 14.4 Å². The van der Waals surface area contributed by atoms with Gasteiger partial charge in [0, 0.05) is 16.6 Å². The highest BCUT2D eigenvalue weighted by Gasteiger charge is 2.12. The predicted molar refractivity (Wildman–Crippen MR) is 74.0 cm³/mol. The molecule has 1 aromatic carbocycles. The number of halogens is 2. The first-order chi connectivity index (χ1) is 8.61. The first kappa shape index (κ1) is 13.0. The zero-order valence-electron chi connectivity index (χ0n) is 10.2. The molecule has 0 atom stereocenters. The molecule has 18 heavy (non-hydrogen) atoms. The van der Waals surface area contributed by atoms with Crippen molar-refractivity contribution in [1.82, 2.24) is 9.97 Å². The molecule has 0 bridgehead atoms. The second-order valence-corrected chi connectivity index (χ2v) is 4.75. The van der Waals surface area contributed by atoms with Crippen LogP contribution in [0.4, 0.5) is 10.2 Å². The minimum absolute atomic E-state index is 0.250. The Morgan fingerprint density at radius 3 is 2.78 bits per heavy atom. The quantitative estimate of drug-likeness (QED) is 0.937. The Labute approximate surface area is 114 Å². The summed E-state index contributed by atoms with van der Waals surface area (Å²) in [5.41, 5.74) is 1.20. The Hall–Kier alpha value is -1.49. The van der Waals surface area contributed by atoms with E-state index in [2.05, 4.69) is 31.2 Å². The van der Waals surface area contributed by atoms with E-state index < -0.39 is 5.82 Å². The molecule has 0 spiro atoms. The summed E-state index contributed by atoms with van der Waals surface area (Å²) in [5.74, 6) is 0.377. The zero-order chi connectivity index (χ0) is 13.1. The van der Waals surface area contributed by atoms with Gasteiger partial charge in [0.25, 0.3) is 0 Å². The van der Waals surface area contributed by atoms with Crippen molar-refractivity contribution in [3.8, 4) is 11.4 Å². The van der Waals surface area contributed by atoms with Crippen molar-refractivity contribution in [1.29, 1.82) is 0 Å². The Morgan fingerprint density at radius 1 is 1.33 bits per heavy atom. The van der Waals surface area contributed by atoms with Gasteiger partial charge in [0.05, 0.1) is 5.69 Å². The van der Waals surface area contributed by atoms with Crippen molar-refractivity contribution in [2.45, 2.75) is 13.8 Å². The maximum atomic E-state index is 13.8. The van der Waals surface area contributed by atoms with E-state index in [1.165, 1.54) is 0 Å². The molecule has 2 aromatic rings. The standard InChI is InChI=1S/C13H13BrFN3/c1-3-16-13-11(15)8(2)17-12(18-13)9-5-4-6-10(14)7-9/h4-7H,3H2,1-2H3,(H,16,17,18). The van der Waals surface area contributed by atoms with E-state index >= 15 is 0 Å². The van der Waals surface area contributed by atoms with Crippen molar-refractivity contribution in [3.05, 3.63) is 40.2 Å². The molecule has 0 aliphatic carbocycles. The summed E-state index contributed by atoms with van der Waals surface area (Å²) >= 11 is 3.40. The summed E-state index contributed by atoms with van der Waals surface area (Å²) in [4.78, 5) is 8.40. The van der Waals surface area contributed by atoms with Gasteiger partial charge in [0.2, 0.25) is 0 Å². The van der Waals surface area contributed by atoms with Crippen molar-refractivity contribution in [3.63, 3.8) is 0 Å². The molecule has 94 valence electrons. The molecule has 1 aromatic heterocycles. The number of nitrogens with one attached hydrogen (secondary N) is 1. The number of hydrogen-bond acceptors (Lipinski definition) is 3. The highest BCUT2D eigenvalue weighted by atomic mass is 79.9. The first-order valence-corrected chi connectivity index (χ1v) is 6.45. The topological polar surface area (TPSA) is 37.8 Å². The van der Waals surface area contributed by atoms with Crippen LogP contribution >= 0.6 is 15.9 Å². The lowest BCUT2D eigenvalue weighted by molar-refractivity contribution is 0.606. The molecular formula is C13H13BrFN3. The van der Waals surface area contributed by atoms with Gasteiger partial charge in [-0.1, -0.05) is 28.1 Å². The lowest BCUT2D eigenvalue weighted by Gasteiger charge is -2.09. The molecule has 0 saturated heterocycles. The molecule has 0 amide bonds. The Balaban J connectivity index is 2.51. The van der Waals surface area contributed by atoms with Gasteiger partial charge in [-0.15, -0.1) is 0 Å². The van der Waals surface area contributed by atoms with Crippen LogP contribution in [0.5, 0.6) is 0 Å². The smallest absolute Gasteiger partial charge is 0.186 e. The summed E-state index contributed by atoms with van der Waals surface area (Å²) in [6.45, 7) is 4.15. The molecule has 0 radical (unpaired) electrons. The van der Waals surface area contributed by atoms with E-state index in [1.807, 2.05) is 31.2 Å². The summed E-state index contributed by atoms with van der Waals surface area (Å²) in [6.07, 6.45) is 0. The van der Waals surface area contributed by atoms with Crippen LogP contribution in [0.1, 0.15) is 12.6 Å². The molecular weight excluding hydrogens is 297 g/mol. The van der Waals surface area contributed by atoms with Crippen LogP contribution in [0.2, 0.25) is 0 Å². The lowest BCUT2D eigenvalue weighted by Crippen LogP contribution is -2.06. The SMILES string of the molecule is CCNc1nc(-c2cccc(Br)c2)nc(C)c1F. The number of hydrogen-bond donors (Lipinski definition) is 1. The van der Waals surface area contributed by atoms with E-state index in [0.717, 1.165) is 10.0 Å². The number of rotatable bonds is 3. The average molecular weight is 310 g/mol. The van der Waals surface area contributed by atoms with Crippen LogP contribution in [-0.2, 0) is 0 Å². The van der Waals surface area contributed by atoms with Gasteiger partial charge in [-0.2, -0.15) is 0 Å². The van der Waals surface area contributed by atoms with E-state index in [9.17, 15) is 4.39 Å². The fourth-order valence-corrected chi connectivity index (χ4v) is 2.00. The highest BCUT2D eigenvalue weighted by Crippen LogP contribution is 2.23. The van der Waals surface area contributed by atoms with Gasteiger partial charge in [-0.3, -0.25) is 0 Å². The van der Waals surface area contributed by atoms with Gasteiger partial charge in [0.1, 0.15) is 0 Å². The molecule has 0 unspecified atom stereocenters. The van der Waals surface area contributed by atoms with E-state index in [4.69, 9.17) is 0 Å². The van der Waals surface area contributed by atoms with Crippen molar-refractivity contribution in [2.75, 3.05) is 11.9 Å². The van der Waals surface area contributed by atoms with Gasteiger partial charge in [0.15, 0.2) is 17.5 Å². The largest absolute Gasteiger partial charge is 0.368 e.